The van der Waals surface area contributed by atoms with Crippen LogP contribution in [0.3, 0.4) is 0 Å². The number of non-ortho nitro benzene ring substituents is 1. The average Bonchev–Trinajstić information content (AvgIpc) is 2.92. The van der Waals surface area contributed by atoms with Crippen LogP contribution < -0.4 is 4.74 Å². The number of rotatable bonds is 4. The predicted molar refractivity (Wildman–Crippen MR) is 107 cm³/mol. The van der Waals surface area contributed by atoms with E-state index in [1.807, 2.05) is 20.8 Å². The van der Waals surface area contributed by atoms with Gasteiger partial charge in [0.15, 0.2) is 6.10 Å². The number of amides is 1. The molecular weight excluding hydrogens is 392 g/mol. The minimum Gasteiger partial charge on any atom is -0.490 e. The SMILES string of the molecule is CC(=O)O[C@H]1[C@H](N2CC(OC(C)(C)C)=CC2=O)c2cc([N+](=O)[O-])ccc2OC1(C)C. The van der Waals surface area contributed by atoms with Crippen LogP contribution in [0.4, 0.5) is 5.69 Å². The number of nitro groups is 1. The Morgan fingerprint density at radius 1 is 1.33 bits per heavy atom. The Balaban J connectivity index is 2.08. The largest absolute Gasteiger partial charge is 0.490 e. The summed E-state index contributed by atoms with van der Waals surface area (Å²) in [5, 5.41) is 11.3. The van der Waals surface area contributed by atoms with Gasteiger partial charge in [-0.1, -0.05) is 0 Å². The predicted octanol–water partition coefficient (Wildman–Crippen LogP) is 3.28. The minimum absolute atomic E-state index is 0.144. The molecule has 1 aromatic rings. The van der Waals surface area contributed by atoms with Gasteiger partial charge < -0.3 is 19.1 Å². The first-order valence-electron chi connectivity index (χ1n) is 9.63. The van der Waals surface area contributed by atoms with Gasteiger partial charge in [-0.05, 0) is 40.7 Å². The number of carbonyl (C=O) groups excluding carboxylic acids is 2. The number of esters is 1. The first-order chi connectivity index (χ1) is 13.8. The summed E-state index contributed by atoms with van der Waals surface area (Å²) in [6.45, 7) is 10.5. The molecule has 0 radical (unpaired) electrons. The topological polar surface area (TPSA) is 108 Å². The highest BCUT2D eigenvalue weighted by molar-refractivity contribution is 5.91. The van der Waals surface area contributed by atoms with Crippen molar-refractivity contribution in [2.75, 3.05) is 6.54 Å². The molecule has 2 aliphatic heterocycles. The summed E-state index contributed by atoms with van der Waals surface area (Å²) in [7, 11) is 0. The maximum Gasteiger partial charge on any atom is 0.303 e. The standard InChI is InChI=1S/C21H26N2O7/c1-12(24)28-19-18(22-11-14(10-17(22)25)29-20(2,3)4)15-9-13(23(26)27)7-8-16(15)30-21(19,5)6/h7-10,18-19H,11H2,1-6H3/t18-,19+/m1/s1. The van der Waals surface area contributed by atoms with Crippen LogP contribution in [-0.4, -0.2) is 45.6 Å². The molecule has 2 atom stereocenters. The van der Waals surface area contributed by atoms with E-state index < -0.39 is 34.2 Å². The zero-order valence-corrected chi connectivity index (χ0v) is 17.9. The molecule has 9 nitrogen and oxygen atoms in total. The first kappa shape index (κ1) is 21.6. The second-order valence-corrected chi connectivity index (χ2v) is 8.95. The van der Waals surface area contributed by atoms with Gasteiger partial charge in [0.25, 0.3) is 11.6 Å². The lowest BCUT2D eigenvalue weighted by molar-refractivity contribution is -0.385. The smallest absolute Gasteiger partial charge is 0.303 e. The van der Waals surface area contributed by atoms with E-state index in [2.05, 4.69) is 0 Å². The number of nitrogens with zero attached hydrogens (tertiary/aromatic N) is 2. The summed E-state index contributed by atoms with van der Waals surface area (Å²) in [5.74, 6) is 0.00947. The summed E-state index contributed by atoms with van der Waals surface area (Å²) in [5.41, 5.74) is -1.21. The van der Waals surface area contributed by atoms with Gasteiger partial charge in [-0.25, -0.2) is 0 Å². The molecule has 0 N–H and O–H groups in total. The van der Waals surface area contributed by atoms with Crippen molar-refractivity contribution in [2.45, 2.75) is 64.9 Å². The number of carbonyl (C=O) groups is 2. The molecule has 2 aliphatic rings. The molecule has 0 saturated heterocycles. The Bertz CT molecular complexity index is 930. The van der Waals surface area contributed by atoms with Gasteiger partial charge in [-0.2, -0.15) is 0 Å². The highest BCUT2D eigenvalue weighted by Crippen LogP contribution is 2.46. The molecule has 0 fully saturated rings. The quantitative estimate of drug-likeness (QED) is 0.419. The molecule has 2 heterocycles. The second-order valence-electron chi connectivity index (χ2n) is 8.95. The van der Waals surface area contributed by atoms with Crippen molar-refractivity contribution < 1.29 is 28.7 Å². The van der Waals surface area contributed by atoms with Gasteiger partial charge in [-0.3, -0.25) is 19.7 Å². The highest BCUT2D eigenvalue weighted by Gasteiger charge is 2.51. The van der Waals surface area contributed by atoms with Gasteiger partial charge in [0.05, 0.1) is 11.5 Å². The Hall–Kier alpha value is -3.10. The highest BCUT2D eigenvalue weighted by atomic mass is 16.6. The maximum absolute atomic E-state index is 12.9. The molecule has 162 valence electrons. The number of benzene rings is 1. The number of hydrogen-bond donors (Lipinski definition) is 0. The van der Waals surface area contributed by atoms with E-state index in [1.54, 1.807) is 13.8 Å². The van der Waals surface area contributed by atoms with Gasteiger partial charge >= 0.3 is 5.97 Å². The lowest BCUT2D eigenvalue weighted by Gasteiger charge is -2.46. The van der Waals surface area contributed by atoms with Crippen LogP contribution >= 0.6 is 0 Å². The maximum atomic E-state index is 12.9. The van der Waals surface area contributed by atoms with E-state index in [1.165, 1.54) is 36.1 Å². The Morgan fingerprint density at radius 3 is 2.57 bits per heavy atom. The third-order valence-corrected chi connectivity index (χ3v) is 4.83. The fourth-order valence-corrected chi connectivity index (χ4v) is 3.78. The van der Waals surface area contributed by atoms with Crippen molar-refractivity contribution in [1.82, 2.24) is 4.90 Å². The number of nitro benzene ring substituents is 1. The minimum atomic E-state index is -0.979. The molecular formula is C21H26N2O7. The van der Waals surface area contributed by atoms with Crippen molar-refractivity contribution in [3.63, 3.8) is 0 Å². The number of fused-ring (bicyclic) bond motifs is 1. The fraction of sp³-hybridized carbons (Fsp3) is 0.524. The Kier molecular flexibility index (Phi) is 5.26. The van der Waals surface area contributed by atoms with E-state index in [0.717, 1.165) is 0 Å². The molecule has 0 aliphatic carbocycles. The summed E-state index contributed by atoms with van der Waals surface area (Å²) in [6.07, 6.45) is 0.520. The second kappa shape index (κ2) is 7.30. The zero-order valence-electron chi connectivity index (χ0n) is 17.9. The third-order valence-electron chi connectivity index (χ3n) is 4.83. The van der Waals surface area contributed by atoms with E-state index in [4.69, 9.17) is 14.2 Å². The fourth-order valence-electron chi connectivity index (χ4n) is 3.78. The number of hydrogen-bond acceptors (Lipinski definition) is 7. The van der Waals surface area contributed by atoms with Crippen molar-refractivity contribution in [3.05, 3.63) is 45.7 Å². The van der Waals surface area contributed by atoms with Crippen molar-refractivity contribution >= 4 is 17.6 Å². The summed E-state index contributed by atoms with van der Waals surface area (Å²) < 4.78 is 17.5. The molecule has 0 aromatic heterocycles. The van der Waals surface area contributed by atoms with E-state index >= 15 is 0 Å². The lowest BCUT2D eigenvalue weighted by atomic mass is 9.85. The third kappa shape index (κ3) is 4.24. The van der Waals surface area contributed by atoms with E-state index in [9.17, 15) is 19.7 Å². The van der Waals surface area contributed by atoms with E-state index in [-0.39, 0.29) is 18.1 Å². The number of ether oxygens (including phenoxy) is 3. The van der Waals surface area contributed by atoms with Crippen LogP contribution in [0.5, 0.6) is 5.75 Å². The molecule has 1 amide bonds. The van der Waals surface area contributed by atoms with E-state index in [0.29, 0.717) is 17.1 Å². The van der Waals surface area contributed by atoms with Crippen LogP contribution in [0.1, 0.15) is 53.1 Å². The van der Waals surface area contributed by atoms with Gasteiger partial charge in [0.2, 0.25) is 0 Å². The van der Waals surface area contributed by atoms with Crippen LogP contribution in [0, 0.1) is 10.1 Å². The molecule has 1 aromatic carbocycles. The molecule has 0 unspecified atom stereocenters. The van der Waals surface area contributed by atoms with Crippen molar-refractivity contribution in [3.8, 4) is 5.75 Å². The van der Waals surface area contributed by atoms with Crippen molar-refractivity contribution in [1.29, 1.82) is 0 Å². The van der Waals surface area contributed by atoms with Crippen molar-refractivity contribution in [2.24, 2.45) is 0 Å². The Labute approximate surface area is 174 Å². The zero-order chi connectivity index (χ0) is 22.4. The van der Waals surface area contributed by atoms with Crippen LogP contribution in [0.15, 0.2) is 30.0 Å². The molecule has 0 bridgehead atoms. The summed E-state index contributed by atoms with van der Waals surface area (Å²) in [4.78, 5) is 37.1. The summed E-state index contributed by atoms with van der Waals surface area (Å²) in [6, 6.07) is 3.43. The van der Waals surface area contributed by atoms with Gasteiger partial charge in [0.1, 0.15) is 28.8 Å². The average molecular weight is 418 g/mol. The van der Waals surface area contributed by atoms with Gasteiger partial charge in [0, 0.05) is 30.7 Å². The summed E-state index contributed by atoms with van der Waals surface area (Å²) >= 11 is 0. The normalized spacial score (nSPS) is 22.7. The first-order valence-corrected chi connectivity index (χ1v) is 9.63. The molecule has 3 rings (SSSR count). The molecule has 0 spiro atoms. The van der Waals surface area contributed by atoms with Crippen LogP contribution in [0.25, 0.3) is 0 Å². The molecule has 30 heavy (non-hydrogen) atoms. The monoisotopic (exact) mass is 418 g/mol. The molecule has 0 saturated carbocycles. The molecule has 9 heteroatoms. The van der Waals surface area contributed by atoms with Crippen LogP contribution in [0.2, 0.25) is 0 Å². The lowest BCUT2D eigenvalue weighted by Crippen LogP contribution is -2.55. The van der Waals surface area contributed by atoms with Gasteiger partial charge in [-0.15, -0.1) is 0 Å². The Morgan fingerprint density at radius 2 is 2.00 bits per heavy atom. The van der Waals surface area contributed by atoms with Crippen LogP contribution in [-0.2, 0) is 19.1 Å².